The summed E-state index contributed by atoms with van der Waals surface area (Å²) >= 11 is -4.57. The molecule has 2 N–H and O–H groups in total. The number of hydrogen-bond acceptors (Lipinski definition) is 2. The summed E-state index contributed by atoms with van der Waals surface area (Å²) in [5.74, 6) is -1.28. The third-order valence-corrected chi connectivity index (χ3v) is 67.2. The molecule has 0 radical (unpaired) electrons. The van der Waals surface area contributed by atoms with E-state index in [1.54, 1.807) is 54.2 Å². The van der Waals surface area contributed by atoms with Gasteiger partial charge in [-0.2, -0.15) is 0 Å². The van der Waals surface area contributed by atoms with Gasteiger partial charge in [-0.25, -0.2) is 0 Å². The Morgan fingerprint density at radius 2 is 0.679 bits per heavy atom. The van der Waals surface area contributed by atoms with E-state index < -0.39 is 53.8 Å². The van der Waals surface area contributed by atoms with Crippen LogP contribution < -0.4 is 52.2 Å². The fourth-order valence-electron chi connectivity index (χ4n) is 8.46. The van der Waals surface area contributed by atoms with E-state index in [9.17, 15) is 0 Å². The molecule has 4 aromatic rings. The van der Waals surface area contributed by atoms with Gasteiger partial charge in [-0.15, -0.1) is 0 Å². The number of nitrogens with one attached hydrogen (secondary N) is 2. The number of halogens is 2. The van der Waals surface area contributed by atoms with Crippen molar-refractivity contribution in [3.63, 3.8) is 0 Å². The van der Waals surface area contributed by atoms with Crippen molar-refractivity contribution in [1.29, 1.82) is 0 Å². The molecule has 56 heavy (non-hydrogen) atoms. The molecule has 0 amide bonds. The van der Waals surface area contributed by atoms with E-state index >= 15 is 0 Å². The quantitative estimate of drug-likeness (QED) is 0.190. The molecule has 0 aromatic heterocycles. The van der Waals surface area contributed by atoms with E-state index in [2.05, 4.69) is 197 Å². The normalized spacial score (nSPS) is 16.6. The van der Waals surface area contributed by atoms with Crippen molar-refractivity contribution in [3.05, 3.63) is 161 Å². The summed E-state index contributed by atoms with van der Waals surface area (Å²) in [4.78, 5) is 0. The average Bonchev–Trinajstić information content (AvgIpc) is 3.52. The topological polar surface area (TPSA) is 24.1 Å². The Morgan fingerprint density at radius 1 is 0.429 bits per heavy atom. The second-order valence-electron chi connectivity index (χ2n) is 15.3. The first kappa shape index (κ1) is 48.9. The van der Waals surface area contributed by atoms with Crippen LogP contribution in [0.5, 0.6) is 0 Å². The van der Waals surface area contributed by atoms with Crippen molar-refractivity contribution in [3.8, 4) is 0 Å². The predicted molar refractivity (Wildman–Crippen MR) is 236 cm³/mol. The summed E-state index contributed by atoms with van der Waals surface area (Å²) in [7, 11) is 0. The Balaban J connectivity index is 0.000000290. The van der Waals surface area contributed by atoms with Crippen LogP contribution in [0.15, 0.2) is 161 Å². The van der Waals surface area contributed by atoms with E-state index in [0.717, 1.165) is 13.1 Å². The molecule has 0 heterocycles. The van der Waals surface area contributed by atoms with Crippen molar-refractivity contribution in [2.24, 2.45) is 11.8 Å². The van der Waals surface area contributed by atoms with Crippen molar-refractivity contribution < 1.29 is 66.6 Å². The minimum absolute atomic E-state index is 0. The maximum Gasteiger partial charge on any atom is -1.00 e. The van der Waals surface area contributed by atoms with Gasteiger partial charge in [-0.3, -0.25) is 0 Å². The van der Waals surface area contributed by atoms with Gasteiger partial charge in [0.15, 0.2) is 0 Å². The van der Waals surface area contributed by atoms with E-state index in [-0.39, 0.29) is 24.8 Å². The molecule has 0 bridgehead atoms. The summed E-state index contributed by atoms with van der Waals surface area (Å²) in [6, 6.07) is 45.6. The number of rotatable bonds is 14. The maximum absolute atomic E-state index is 4.20. The molecule has 0 fully saturated rings. The average molecular weight is 1150 g/mol. The second-order valence-corrected chi connectivity index (χ2v) is 54.0. The number of hydrogen-bond donors (Lipinski definition) is 2. The van der Waals surface area contributed by atoms with Crippen molar-refractivity contribution in [2.45, 2.75) is 82.1 Å². The Morgan fingerprint density at radius 3 is 0.875 bits per heavy atom. The van der Waals surface area contributed by atoms with Crippen molar-refractivity contribution in [2.75, 3.05) is 13.1 Å². The van der Waals surface area contributed by atoms with Crippen LogP contribution in [0.1, 0.15) is 82.1 Å². The smallest absolute Gasteiger partial charge is 1.00 e. The standard InChI is InChI=1S/2C12H11Si.2C9H13.2C3H8N.2ClH.2Hf/c2*1-3-7-11(8-4-1)13-12-9-5-2-6-10-12;2*1-6-5-7(2)9(4)8(6)3;2*1-2-3-4;;;;/h2*1-10,13H;2*6H,1-4H3;2*4H,2-3H2,1H3;2*1H;;/q;;;;2*-1;;;2*+2/p-2. The van der Waals surface area contributed by atoms with Crippen LogP contribution in [0.2, 0.25) is 0 Å². The first-order valence-corrected chi connectivity index (χ1v) is 43.4. The van der Waals surface area contributed by atoms with Crippen molar-refractivity contribution in [1.82, 2.24) is 6.61 Å². The van der Waals surface area contributed by atoms with Crippen LogP contribution >= 0.6 is 0 Å². The fourth-order valence-corrected chi connectivity index (χ4v) is 72.0. The van der Waals surface area contributed by atoms with Crippen LogP contribution in [0.25, 0.3) is 0 Å². The molecule has 2 nitrogen and oxygen atoms in total. The second kappa shape index (κ2) is 23.9. The first-order chi connectivity index (χ1) is 26.1. The Bertz CT molecular complexity index is 1730. The Labute approximate surface area is 370 Å². The predicted octanol–water partition coefficient (Wildman–Crippen LogP) is 2.64. The summed E-state index contributed by atoms with van der Waals surface area (Å²) in [6.45, 7) is 25.9. The van der Waals surface area contributed by atoms with Gasteiger partial charge in [0.25, 0.3) is 0 Å². The molecule has 2 aliphatic carbocycles. The van der Waals surface area contributed by atoms with Gasteiger partial charge in [-0.05, 0) is 0 Å². The molecule has 6 rings (SSSR count). The third kappa shape index (κ3) is 11.4. The molecular weight excluding hydrogens is 1090 g/mol. The van der Waals surface area contributed by atoms with Gasteiger partial charge in [0.2, 0.25) is 0 Å². The Hall–Kier alpha value is -1.49. The molecule has 2 unspecified atom stereocenters. The number of benzene rings is 4. The summed E-state index contributed by atoms with van der Waals surface area (Å²) < 4.78 is 12.1. The monoisotopic (exact) mass is 1150 g/mol. The Kier molecular flexibility index (Phi) is 20.9. The minimum atomic E-state index is -2.29. The third-order valence-electron chi connectivity index (χ3n) is 12.1. The first-order valence-electron chi connectivity index (χ1n) is 20.3. The van der Waals surface area contributed by atoms with Crippen molar-refractivity contribution >= 4 is 32.7 Å². The molecule has 0 spiro atoms. The molecule has 0 aliphatic heterocycles. The molecule has 0 saturated carbocycles. The van der Waals surface area contributed by atoms with Crippen LogP contribution in [0.4, 0.5) is 0 Å². The molecular formula is C48H64Cl2Hf2N2Si2. The molecule has 4 aromatic carbocycles. The van der Waals surface area contributed by atoms with Crippen LogP contribution in [0.3, 0.4) is 0 Å². The van der Waals surface area contributed by atoms with Gasteiger partial charge in [-0.1, -0.05) is 0 Å². The molecule has 2 atom stereocenters. The van der Waals surface area contributed by atoms with E-state index in [0.29, 0.717) is 11.8 Å². The molecule has 0 saturated heterocycles. The maximum atomic E-state index is 4.20. The van der Waals surface area contributed by atoms with Gasteiger partial charge in [0.1, 0.15) is 0 Å². The number of allylic oxidation sites excluding steroid dienone is 8. The molecule has 2 aliphatic rings. The zero-order chi connectivity index (χ0) is 38.8. The van der Waals surface area contributed by atoms with Gasteiger partial charge < -0.3 is 24.8 Å². The van der Waals surface area contributed by atoms with Crippen LogP contribution in [0, 0.1) is 11.8 Å². The SMILES string of the molecule is CCC[NH][Hf+]([C]1=C(C)C(C)=C(C)C1C)[SiH](c1ccccc1)c1ccccc1.CCC[NH][Hf+]([C]1=C(C)C(C)=C(C)C1C)[SiH](c1ccccc1)c1ccccc1.[Cl-].[Cl-]. The molecule has 8 heteroatoms. The van der Waals surface area contributed by atoms with Crippen LogP contribution in [-0.4, -0.2) is 25.1 Å². The van der Waals surface area contributed by atoms with Gasteiger partial charge in [0, 0.05) is 0 Å². The fraction of sp³-hybridized carbons (Fsp3) is 0.333. The zero-order valence-corrected chi connectivity index (χ0v) is 46.4. The minimum Gasteiger partial charge on any atom is -1.00 e. The van der Waals surface area contributed by atoms with Gasteiger partial charge in [0.05, 0.1) is 0 Å². The summed E-state index contributed by atoms with van der Waals surface area (Å²) in [5, 5.41) is 6.46. The summed E-state index contributed by atoms with van der Waals surface area (Å²) in [6.07, 6.45) is 2.43. The largest absolute Gasteiger partial charge is 1.00 e. The van der Waals surface area contributed by atoms with E-state index in [4.69, 9.17) is 0 Å². The van der Waals surface area contributed by atoms with Crippen LogP contribution in [-0.2, 0) is 41.8 Å². The summed E-state index contributed by atoms with van der Waals surface area (Å²) in [5.41, 5.74) is 9.50. The van der Waals surface area contributed by atoms with E-state index in [1.165, 1.54) is 12.8 Å². The van der Waals surface area contributed by atoms with Gasteiger partial charge >= 0.3 is 350 Å². The zero-order valence-electron chi connectivity index (χ0n) is 35.4. The molecule has 296 valence electrons. The van der Waals surface area contributed by atoms with E-state index in [1.807, 2.05) is 6.66 Å².